The maximum absolute atomic E-state index is 11.5. The molecule has 0 saturated heterocycles. The van der Waals surface area contributed by atoms with E-state index in [4.69, 9.17) is 9.84 Å². The predicted molar refractivity (Wildman–Crippen MR) is 68.2 cm³/mol. The van der Waals surface area contributed by atoms with E-state index in [0.717, 1.165) is 5.56 Å². The summed E-state index contributed by atoms with van der Waals surface area (Å²) in [4.78, 5) is 19.2. The number of nitrogens with one attached hydrogen (secondary N) is 1. The fraction of sp³-hybridized carbons (Fsp3) is 0.154. The number of aliphatic hydroxyl groups is 1. The topological polar surface area (TPSA) is 84.3 Å². The second-order valence-corrected chi connectivity index (χ2v) is 3.76. The summed E-state index contributed by atoms with van der Waals surface area (Å²) in [5, 5.41) is 11.2. The maximum atomic E-state index is 11.5. The predicted octanol–water partition coefficient (Wildman–Crippen LogP) is 1.72. The van der Waals surface area contributed by atoms with Gasteiger partial charge in [-0.05, 0) is 5.56 Å². The number of aromatic nitrogens is 2. The Hall–Kier alpha value is -2.47. The standard InChI is InChI=1S/C13H13N3O3/c17-8-11-6-14-12(15-7-11)16-13(18)19-9-10-4-2-1-3-5-10/h1-7,17H,8-9H2,(H,14,15,16,18). The highest BCUT2D eigenvalue weighted by molar-refractivity contribution is 5.82. The number of aliphatic hydroxyl groups excluding tert-OH is 1. The normalized spacial score (nSPS) is 9.95. The Labute approximate surface area is 110 Å². The van der Waals surface area contributed by atoms with Crippen LogP contribution < -0.4 is 5.32 Å². The van der Waals surface area contributed by atoms with E-state index in [1.54, 1.807) is 0 Å². The van der Waals surface area contributed by atoms with Gasteiger partial charge in [-0.3, -0.25) is 5.32 Å². The summed E-state index contributed by atoms with van der Waals surface area (Å²) < 4.78 is 5.01. The van der Waals surface area contributed by atoms with Gasteiger partial charge < -0.3 is 9.84 Å². The number of ether oxygens (including phenoxy) is 1. The fourth-order valence-electron chi connectivity index (χ4n) is 1.35. The second kappa shape index (κ2) is 6.46. The van der Waals surface area contributed by atoms with Gasteiger partial charge in [-0.25, -0.2) is 14.8 Å². The molecule has 2 N–H and O–H groups in total. The van der Waals surface area contributed by atoms with Crippen molar-refractivity contribution in [1.82, 2.24) is 9.97 Å². The number of rotatable bonds is 4. The van der Waals surface area contributed by atoms with E-state index >= 15 is 0 Å². The van der Waals surface area contributed by atoms with E-state index in [2.05, 4.69) is 15.3 Å². The lowest BCUT2D eigenvalue weighted by molar-refractivity contribution is 0.155. The molecule has 2 aromatic rings. The molecule has 0 fully saturated rings. The van der Waals surface area contributed by atoms with Crippen LogP contribution in [0.2, 0.25) is 0 Å². The van der Waals surface area contributed by atoms with E-state index in [-0.39, 0.29) is 19.2 Å². The van der Waals surface area contributed by atoms with Crippen LogP contribution in [-0.4, -0.2) is 21.2 Å². The van der Waals surface area contributed by atoms with Crippen LogP contribution in [-0.2, 0) is 18.0 Å². The number of nitrogens with zero attached hydrogens (tertiary/aromatic N) is 2. The molecule has 0 saturated carbocycles. The minimum absolute atomic E-state index is 0.135. The van der Waals surface area contributed by atoms with Crippen LogP contribution in [0.25, 0.3) is 0 Å². The van der Waals surface area contributed by atoms with Gasteiger partial charge >= 0.3 is 6.09 Å². The third kappa shape index (κ3) is 4.04. The molecule has 0 aliphatic heterocycles. The van der Waals surface area contributed by atoms with Crippen LogP contribution in [0, 0.1) is 0 Å². The second-order valence-electron chi connectivity index (χ2n) is 3.76. The van der Waals surface area contributed by atoms with Crippen LogP contribution in [0.1, 0.15) is 11.1 Å². The van der Waals surface area contributed by atoms with Gasteiger partial charge in [-0.2, -0.15) is 0 Å². The molecule has 1 aromatic heterocycles. The maximum Gasteiger partial charge on any atom is 0.414 e. The average molecular weight is 259 g/mol. The molecule has 19 heavy (non-hydrogen) atoms. The van der Waals surface area contributed by atoms with Crippen molar-refractivity contribution < 1.29 is 14.6 Å². The first kappa shape index (κ1) is 13.0. The summed E-state index contributed by atoms with van der Waals surface area (Å²) in [6.45, 7) is 0.0418. The monoisotopic (exact) mass is 259 g/mol. The van der Waals surface area contributed by atoms with Gasteiger partial charge in [0.2, 0.25) is 5.95 Å². The Morgan fingerprint density at radius 3 is 2.47 bits per heavy atom. The molecule has 0 aliphatic carbocycles. The van der Waals surface area contributed by atoms with E-state index in [1.165, 1.54) is 12.4 Å². The van der Waals surface area contributed by atoms with Crippen molar-refractivity contribution in [1.29, 1.82) is 0 Å². The molecule has 0 atom stereocenters. The van der Waals surface area contributed by atoms with Crippen molar-refractivity contribution in [3.63, 3.8) is 0 Å². The van der Waals surface area contributed by atoms with E-state index in [0.29, 0.717) is 5.56 Å². The first-order chi connectivity index (χ1) is 9.28. The van der Waals surface area contributed by atoms with Crippen LogP contribution in [0.4, 0.5) is 10.7 Å². The van der Waals surface area contributed by atoms with E-state index in [1.807, 2.05) is 30.3 Å². The zero-order chi connectivity index (χ0) is 13.5. The minimum atomic E-state index is -0.624. The molecular formula is C13H13N3O3. The summed E-state index contributed by atoms with van der Waals surface area (Å²) in [5.74, 6) is 0.135. The van der Waals surface area contributed by atoms with E-state index < -0.39 is 6.09 Å². The number of benzene rings is 1. The van der Waals surface area contributed by atoms with Crippen LogP contribution in [0.3, 0.4) is 0 Å². The highest BCUT2D eigenvalue weighted by Crippen LogP contribution is 2.03. The highest BCUT2D eigenvalue weighted by atomic mass is 16.5. The number of hydrogen-bond donors (Lipinski definition) is 2. The molecule has 6 nitrogen and oxygen atoms in total. The van der Waals surface area contributed by atoms with Crippen LogP contribution in [0.5, 0.6) is 0 Å². The molecule has 0 spiro atoms. The Balaban J connectivity index is 1.83. The van der Waals surface area contributed by atoms with Crippen molar-refractivity contribution in [2.75, 3.05) is 5.32 Å². The molecule has 0 aliphatic rings. The Morgan fingerprint density at radius 2 is 1.84 bits per heavy atom. The van der Waals surface area contributed by atoms with E-state index in [9.17, 15) is 4.79 Å². The summed E-state index contributed by atoms with van der Waals surface area (Å²) in [6.07, 6.45) is 2.24. The fourth-order valence-corrected chi connectivity index (χ4v) is 1.35. The van der Waals surface area contributed by atoms with Gasteiger partial charge in [-0.15, -0.1) is 0 Å². The lowest BCUT2D eigenvalue weighted by atomic mass is 10.2. The van der Waals surface area contributed by atoms with Gasteiger partial charge in [0.1, 0.15) is 6.61 Å². The Morgan fingerprint density at radius 1 is 1.16 bits per heavy atom. The van der Waals surface area contributed by atoms with Gasteiger partial charge in [0.15, 0.2) is 0 Å². The largest absolute Gasteiger partial charge is 0.444 e. The van der Waals surface area contributed by atoms with Crippen molar-refractivity contribution >= 4 is 12.0 Å². The number of anilines is 1. The van der Waals surface area contributed by atoms with Crippen molar-refractivity contribution in [2.24, 2.45) is 0 Å². The Bertz CT molecular complexity index is 529. The SMILES string of the molecule is O=C(Nc1ncc(CO)cn1)OCc1ccccc1. The van der Waals surface area contributed by atoms with Crippen molar-refractivity contribution in [3.05, 3.63) is 53.9 Å². The van der Waals surface area contributed by atoms with Crippen LogP contribution >= 0.6 is 0 Å². The Kier molecular flexibility index (Phi) is 4.41. The number of hydrogen-bond acceptors (Lipinski definition) is 5. The van der Waals surface area contributed by atoms with Gasteiger partial charge in [-0.1, -0.05) is 30.3 Å². The molecule has 0 bridgehead atoms. The van der Waals surface area contributed by atoms with Crippen molar-refractivity contribution in [3.8, 4) is 0 Å². The molecule has 2 rings (SSSR count). The summed E-state index contributed by atoms with van der Waals surface area (Å²) in [7, 11) is 0. The molecule has 0 unspecified atom stereocenters. The lowest BCUT2D eigenvalue weighted by Gasteiger charge is -2.06. The number of amides is 1. The average Bonchev–Trinajstić information content (AvgIpc) is 2.47. The summed E-state index contributed by atoms with van der Waals surface area (Å²) >= 11 is 0. The number of carbonyl (C=O) groups excluding carboxylic acids is 1. The third-order valence-electron chi connectivity index (χ3n) is 2.31. The van der Waals surface area contributed by atoms with Gasteiger partial charge in [0.25, 0.3) is 0 Å². The molecule has 6 heteroatoms. The molecule has 98 valence electrons. The molecule has 1 amide bonds. The van der Waals surface area contributed by atoms with Gasteiger partial charge in [0.05, 0.1) is 6.61 Å². The summed E-state index contributed by atoms with van der Waals surface area (Å²) in [6, 6.07) is 9.35. The lowest BCUT2D eigenvalue weighted by Crippen LogP contribution is -2.15. The molecule has 0 radical (unpaired) electrons. The zero-order valence-corrected chi connectivity index (χ0v) is 10.1. The molecule has 1 heterocycles. The molecular weight excluding hydrogens is 246 g/mol. The van der Waals surface area contributed by atoms with Crippen LogP contribution in [0.15, 0.2) is 42.7 Å². The zero-order valence-electron chi connectivity index (χ0n) is 10.1. The first-order valence-electron chi connectivity index (χ1n) is 5.67. The summed E-state index contributed by atoms with van der Waals surface area (Å²) in [5.41, 5.74) is 1.47. The third-order valence-corrected chi connectivity index (χ3v) is 2.31. The quantitative estimate of drug-likeness (QED) is 0.873. The molecule has 1 aromatic carbocycles. The minimum Gasteiger partial charge on any atom is -0.444 e. The van der Waals surface area contributed by atoms with Gasteiger partial charge in [0, 0.05) is 18.0 Å². The first-order valence-corrected chi connectivity index (χ1v) is 5.67. The smallest absolute Gasteiger partial charge is 0.414 e. The highest BCUT2D eigenvalue weighted by Gasteiger charge is 2.05. The van der Waals surface area contributed by atoms with Crippen molar-refractivity contribution in [2.45, 2.75) is 13.2 Å². The number of carbonyl (C=O) groups is 1.